The highest BCUT2D eigenvalue weighted by atomic mass is 16.1. The van der Waals surface area contributed by atoms with Gasteiger partial charge in [0.25, 0.3) is 0 Å². The van der Waals surface area contributed by atoms with Crippen molar-refractivity contribution < 1.29 is 4.79 Å². The molecule has 0 heterocycles. The maximum atomic E-state index is 12.0. The highest BCUT2D eigenvalue weighted by Gasteiger charge is 2.33. The third-order valence-corrected chi connectivity index (χ3v) is 3.73. The number of rotatable bonds is 7. The lowest BCUT2D eigenvalue weighted by atomic mass is 9.73. The summed E-state index contributed by atoms with van der Waals surface area (Å²) in [5, 5.41) is 3.32. The number of hydrogen-bond donors (Lipinski definition) is 1. The van der Waals surface area contributed by atoms with Gasteiger partial charge in [0.15, 0.2) is 0 Å². The van der Waals surface area contributed by atoms with E-state index < -0.39 is 5.41 Å². The van der Waals surface area contributed by atoms with Crippen LogP contribution in [0.1, 0.15) is 24.5 Å². The summed E-state index contributed by atoms with van der Waals surface area (Å²) in [6.07, 6.45) is 1.85. The summed E-state index contributed by atoms with van der Waals surface area (Å²) in [5.74, 6) is 0. The van der Waals surface area contributed by atoms with Gasteiger partial charge < -0.3 is 10.1 Å². The van der Waals surface area contributed by atoms with Crippen molar-refractivity contribution in [3.8, 4) is 0 Å². The number of hydrogen-bond acceptors (Lipinski definition) is 2. The van der Waals surface area contributed by atoms with Gasteiger partial charge in [0.2, 0.25) is 0 Å². The predicted molar refractivity (Wildman–Crippen MR) is 82.9 cm³/mol. The Kier molecular flexibility index (Phi) is 5.08. The van der Waals surface area contributed by atoms with Crippen LogP contribution in [0.4, 0.5) is 0 Å². The second kappa shape index (κ2) is 7.01. The summed E-state index contributed by atoms with van der Waals surface area (Å²) in [6.45, 7) is 3.81. The zero-order valence-corrected chi connectivity index (χ0v) is 11.9. The molecule has 0 unspecified atom stereocenters. The average Bonchev–Trinajstić information content (AvgIpc) is 2.54. The van der Waals surface area contributed by atoms with E-state index in [0.717, 1.165) is 36.9 Å². The van der Waals surface area contributed by atoms with Gasteiger partial charge in [-0.2, -0.15) is 0 Å². The molecular weight excluding hydrogens is 246 g/mol. The topological polar surface area (TPSA) is 29.1 Å². The van der Waals surface area contributed by atoms with Crippen LogP contribution in [0.5, 0.6) is 0 Å². The van der Waals surface area contributed by atoms with Crippen molar-refractivity contribution in [1.29, 1.82) is 0 Å². The molecule has 0 atom stereocenters. The van der Waals surface area contributed by atoms with E-state index in [4.69, 9.17) is 0 Å². The molecule has 2 heteroatoms. The highest BCUT2D eigenvalue weighted by molar-refractivity contribution is 5.75. The van der Waals surface area contributed by atoms with Crippen LogP contribution in [-0.2, 0) is 10.2 Å². The Bertz CT molecular complexity index is 482. The van der Waals surface area contributed by atoms with E-state index in [0.29, 0.717) is 0 Å². The van der Waals surface area contributed by atoms with Crippen LogP contribution in [0, 0.1) is 0 Å². The minimum atomic E-state index is -0.565. The van der Waals surface area contributed by atoms with Gasteiger partial charge in [-0.1, -0.05) is 67.6 Å². The van der Waals surface area contributed by atoms with Gasteiger partial charge in [0.05, 0.1) is 5.41 Å². The maximum absolute atomic E-state index is 12.0. The first kappa shape index (κ1) is 14.5. The Balaban J connectivity index is 2.44. The van der Waals surface area contributed by atoms with Crippen molar-refractivity contribution in [2.75, 3.05) is 13.1 Å². The molecule has 0 aliphatic carbocycles. The zero-order chi connectivity index (χ0) is 14.3. The van der Waals surface area contributed by atoms with Gasteiger partial charge in [-0.05, 0) is 30.6 Å². The van der Waals surface area contributed by atoms with E-state index in [1.807, 2.05) is 60.7 Å². The van der Waals surface area contributed by atoms with E-state index in [-0.39, 0.29) is 0 Å². The van der Waals surface area contributed by atoms with E-state index >= 15 is 0 Å². The summed E-state index contributed by atoms with van der Waals surface area (Å²) in [7, 11) is 0. The normalized spacial score (nSPS) is 11.2. The summed E-state index contributed by atoms with van der Waals surface area (Å²) in [6, 6.07) is 20.1. The molecule has 0 saturated carbocycles. The van der Waals surface area contributed by atoms with Crippen LogP contribution in [-0.4, -0.2) is 19.4 Å². The molecule has 0 aliphatic heterocycles. The molecule has 0 amide bonds. The van der Waals surface area contributed by atoms with E-state index in [1.54, 1.807) is 0 Å². The van der Waals surface area contributed by atoms with E-state index in [2.05, 4.69) is 12.2 Å². The van der Waals surface area contributed by atoms with Crippen molar-refractivity contribution in [3.63, 3.8) is 0 Å². The van der Waals surface area contributed by atoms with E-state index in [1.165, 1.54) is 0 Å². The molecule has 2 nitrogen and oxygen atoms in total. The Morgan fingerprint density at radius 1 is 0.950 bits per heavy atom. The standard InChI is InChI=1S/C18H21NO/c1-2-19-14-13-18(15-20,16-9-5-3-6-10-16)17-11-7-4-8-12-17/h3-12,15,19H,2,13-14H2,1H3. The van der Waals surface area contributed by atoms with Gasteiger partial charge in [-0.15, -0.1) is 0 Å². The predicted octanol–water partition coefficient (Wildman–Crippen LogP) is 3.17. The lowest BCUT2D eigenvalue weighted by molar-refractivity contribution is -0.111. The molecular formula is C18H21NO. The Hall–Kier alpha value is -1.93. The SMILES string of the molecule is CCNCCC(C=O)(c1ccccc1)c1ccccc1. The minimum Gasteiger partial charge on any atom is -0.317 e. The fourth-order valence-electron chi connectivity index (χ4n) is 2.58. The molecule has 2 rings (SSSR count). The molecule has 2 aromatic carbocycles. The molecule has 0 bridgehead atoms. The van der Waals surface area contributed by atoms with Crippen molar-refractivity contribution in [2.45, 2.75) is 18.8 Å². The monoisotopic (exact) mass is 267 g/mol. The molecule has 0 radical (unpaired) electrons. The fraction of sp³-hybridized carbons (Fsp3) is 0.278. The van der Waals surface area contributed by atoms with Crippen LogP contribution in [0.2, 0.25) is 0 Å². The van der Waals surface area contributed by atoms with Gasteiger partial charge in [0, 0.05) is 0 Å². The van der Waals surface area contributed by atoms with Crippen LogP contribution in [0.3, 0.4) is 0 Å². The number of benzene rings is 2. The second-order valence-corrected chi connectivity index (χ2v) is 4.92. The van der Waals surface area contributed by atoms with Crippen LogP contribution < -0.4 is 5.32 Å². The van der Waals surface area contributed by atoms with Gasteiger partial charge in [-0.3, -0.25) is 0 Å². The largest absolute Gasteiger partial charge is 0.317 e. The molecule has 0 saturated heterocycles. The van der Waals surface area contributed by atoms with Crippen molar-refractivity contribution in [1.82, 2.24) is 5.32 Å². The third kappa shape index (κ3) is 2.97. The maximum Gasteiger partial charge on any atom is 0.134 e. The van der Waals surface area contributed by atoms with Gasteiger partial charge in [0.1, 0.15) is 6.29 Å². The van der Waals surface area contributed by atoms with E-state index in [9.17, 15) is 4.79 Å². The first-order valence-corrected chi connectivity index (χ1v) is 7.11. The fourth-order valence-corrected chi connectivity index (χ4v) is 2.58. The molecule has 0 aromatic heterocycles. The molecule has 1 N–H and O–H groups in total. The number of aldehydes is 1. The third-order valence-electron chi connectivity index (χ3n) is 3.73. The lowest BCUT2D eigenvalue weighted by Gasteiger charge is -2.29. The number of carbonyl (C=O) groups is 1. The first-order valence-electron chi connectivity index (χ1n) is 7.11. The second-order valence-electron chi connectivity index (χ2n) is 4.92. The average molecular weight is 267 g/mol. The van der Waals surface area contributed by atoms with Gasteiger partial charge >= 0.3 is 0 Å². The van der Waals surface area contributed by atoms with Crippen LogP contribution in [0.15, 0.2) is 60.7 Å². The summed E-state index contributed by atoms with van der Waals surface area (Å²) < 4.78 is 0. The summed E-state index contributed by atoms with van der Waals surface area (Å²) in [5.41, 5.74) is 1.54. The zero-order valence-electron chi connectivity index (χ0n) is 11.9. The Morgan fingerprint density at radius 3 is 1.85 bits per heavy atom. The van der Waals surface area contributed by atoms with Crippen LogP contribution >= 0.6 is 0 Å². The van der Waals surface area contributed by atoms with Crippen LogP contribution in [0.25, 0.3) is 0 Å². The first-order chi connectivity index (χ1) is 9.83. The molecule has 104 valence electrons. The minimum absolute atomic E-state index is 0.565. The smallest absolute Gasteiger partial charge is 0.134 e. The lowest BCUT2D eigenvalue weighted by Crippen LogP contribution is -2.33. The van der Waals surface area contributed by atoms with Gasteiger partial charge in [-0.25, -0.2) is 0 Å². The van der Waals surface area contributed by atoms with Crippen molar-refractivity contribution >= 4 is 6.29 Å². The molecule has 2 aromatic rings. The molecule has 0 spiro atoms. The molecule has 0 fully saturated rings. The number of carbonyl (C=O) groups excluding carboxylic acids is 1. The Labute approximate surface area is 120 Å². The Morgan fingerprint density at radius 2 is 1.45 bits per heavy atom. The van der Waals surface area contributed by atoms with Crippen molar-refractivity contribution in [2.24, 2.45) is 0 Å². The quantitative estimate of drug-likeness (QED) is 0.616. The highest BCUT2D eigenvalue weighted by Crippen LogP contribution is 2.33. The molecule has 0 aliphatic rings. The number of nitrogens with one attached hydrogen (secondary N) is 1. The summed E-state index contributed by atoms with van der Waals surface area (Å²) >= 11 is 0. The summed E-state index contributed by atoms with van der Waals surface area (Å²) in [4.78, 5) is 12.0. The van der Waals surface area contributed by atoms with Crippen molar-refractivity contribution in [3.05, 3.63) is 71.8 Å². The molecule has 20 heavy (non-hydrogen) atoms.